The molecule has 0 spiro atoms. The van der Waals surface area contributed by atoms with Crippen LogP contribution in [0.4, 0.5) is 5.69 Å². The third-order valence-corrected chi connectivity index (χ3v) is 5.29. The van der Waals surface area contributed by atoms with E-state index in [1.165, 1.54) is 17.6 Å². The van der Waals surface area contributed by atoms with Crippen LogP contribution in [0.2, 0.25) is 0 Å². The van der Waals surface area contributed by atoms with E-state index in [1.54, 1.807) is 48.7 Å². The Balaban J connectivity index is 1.79. The monoisotopic (exact) mass is 466 g/mol. The molecule has 8 heteroatoms. The van der Waals surface area contributed by atoms with Gasteiger partial charge in [0, 0.05) is 11.9 Å². The molecule has 4 aromatic rings. The van der Waals surface area contributed by atoms with E-state index in [0.29, 0.717) is 22.8 Å². The van der Waals surface area contributed by atoms with Crippen molar-refractivity contribution in [3.63, 3.8) is 0 Å². The van der Waals surface area contributed by atoms with Crippen LogP contribution in [-0.4, -0.2) is 22.4 Å². The van der Waals surface area contributed by atoms with Gasteiger partial charge in [-0.05, 0) is 68.0 Å². The van der Waals surface area contributed by atoms with Crippen LogP contribution in [0.25, 0.3) is 11.7 Å². The molecule has 2 heterocycles. The minimum Gasteiger partial charge on any atom is -0.497 e. The van der Waals surface area contributed by atoms with Crippen LogP contribution >= 0.6 is 0 Å². The van der Waals surface area contributed by atoms with Gasteiger partial charge in [-0.25, -0.2) is 0 Å². The van der Waals surface area contributed by atoms with Crippen LogP contribution < -0.4 is 20.3 Å². The van der Waals surface area contributed by atoms with Gasteiger partial charge in [0.1, 0.15) is 34.4 Å². The molecule has 2 aromatic heterocycles. The zero-order chi connectivity index (χ0) is 24.9. The van der Waals surface area contributed by atoms with Gasteiger partial charge in [0.2, 0.25) is 5.88 Å². The Morgan fingerprint density at radius 3 is 2.40 bits per heavy atom. The summed E-state index contributed by atoms with van der Waals surface area (Å²) < 4.78 is 12.4. The number of ether oxygens (including phenoxy) is 2. The van der Waals surface area contributed by atoms with Gasteiger partial charge in [0.15, 0.2) is 0 Å². The Bertz CT molecular complexity index is 1530. The van der Waals surface area contributed by atoms with Crippen molar-refractivity contribution >= 4 is 23.3 Å². The number of fused-ring (bicyclic) bond motifs is 1. The van der Waals surface area contributed by atoms with Crippen LogP contribution in [0.5, 0.6) is 17.4 Å². The lowest BCUT2D eigenvalue weighted by molar-refractivity contribution is -0.112. The number of aryl methyl sites for hydroxylation is 2. The fourth-order valence-corrected chi connectivity index (χ4v) is 3.38. The van der Waals surface area contributed by atoms with E-state index >= 15 is 0 Å². The van der Waals surface area contributed by atoms with E-state index in [-0.39, 0.29) is 17.0 Å². The van der Waals surface area contributed by atoms with E-state index < -0.39 is 11.5 Å². The van der Waals surface area contributed by atoms with Crippen LogP contribution in [0.1, 0.15) is 16.7 Å². The summed E-state index contributed by atoms with van der Waals surface area (Å²) in [5.74, 6) is 0.421. The van der Waals surface area contributed by atoms with Gasteiger partial charge >= 0.3 is 0 Å². The summed E-state index contributed by atoms with van der Waals surface area (Å²) in [6, 6.07) is 19.3. The number of carbonyl (C=O) groups excluding carboxylic acids is 1. The quantitative estimate of drug-likeness (QED) is 0.327. The van der Waals surface area contributed by atoms with Crippen LogP contribution in [0.3, 0.4) is 0 Å². The SMILES string of the molecule is COc1ccc(NC(=O)/C(C#N)=C/c2c(Oc3ccc(C)cc3)nc3c(C)cccn3c2=O)cc1. The summed E-state index contributed by atoms with van der Waals surface area (Å²) >= 11 is 0. The molecule has 0 fully saturated rings. The van der Waals surface area contributed by atoms with Gasteiger partial charge in [-0.2, -0.15) is 10.2 Å². The maximum atomic E-state index is 13.4. The fraction of sp³-hybridized carbons (Fsp3) is 0.111. The maximum Gasteiger partial charge on any atom is 0.269 e. The Labute approximate surface area is 201 Å². The van der Waals surface area contributed by atoms with Gasteiger partial charge in [0.25, 0.3) is 11.5 Å². The smallest absolute Gasteiger partial charge is 0.269 e. The van der Waals surface area contributed by atoms with Crippen molar-refractivity contribution < 1.29 is 14.3 Å². The van der Waals surface area contributed by atoms with Gasteiger partial charge < -0.3 is 14.8 Å². The molecule has 0 aliphatic rings. The van der Waals surface area contributed by atoms with Gasteiger partial charge in [-0.3, -0.25) is 14.0 Å². The second kappa shape index (κ2) is 9.93. The lowest BCUT2D eigenvalue weighted by Gasteiger charge is -2.12. The molecule has 4 rings (SSSR count). The molecule has 0 atom stereocenters. The zero-order valence-corrected chi connectivity index (χ0v) is 19.4. The molecule has 174 valence electrons. The minimum absolute atomic E-state index is 0.00171. The molecule has 0 aliphatic heterocycles. The van der Waals surface area contributed by atoms with Crippen molar-refractivity contribution in [2.75, 3.05) is 12.4 Å². The van der Waals surface area contributed by atoms with Crippen molar-refractivity contribution in [1.82, 2.24) is 9.38 Å². The average molecular weight is 466 g/mol. The Morgan fingerprint density at radius 2 is 1.74 bits per heavy atom. The van der Waals surface area contributed by atoms with Crippen molar-refractivity contribution in [2.24, 2.45) is 0 Å². The number of hydrogen-bond acceptors (Lipinski definition) is 6. The highest BCUT2D eigenvalue weighted by molar-refractivity contribution is 6.09. The van der Waals surface area contributed by atoms with E-state index in [4.69, 9.17) is 9.47 Å². The van der Waals surface area contributed by atoms with Crippen molar-refractivity contribution in [2.45, 2.75) is 13.8 Å². The number of methoxy groups -OCH3 is 1. The molecule has 35 heavy (non-hydrogen) atoms. The number of nitrogens with zero attached hydrogens (tertiary/aromatic N) is 3. The maximum absolute atomic E-state index is 13.4. The third-order valence-electron chi connectivity index (χ3n) is 5.29. The molecule has 8 nitrogen and oxygen atoms in total. The number of nitriles is 1. The highest BCUT2D eigenvalue weighted by Crippen LogP contribution is 2.25. The van der Waals surface area contributed by atoms with Gasteiger partial charge in [-0.15, -0.1) is 0 Å². The predicted molar refractivity (Wildman–Crippen MR) is 133 cm³/mol. The van der Waals surface area contributed by atoms with E-state index in [2.05, 4.69) is 10.3 Å². The third kappa shape index (κ3) is 5.04. The number of pyridine rings is 1. The predicted octanol–water partition coefficient (Wildman–Crippen LogP) is 4.66. The normalized spacial score (nSPS) is 11.1. The first-order valence-electron chi connectivity index (χ1n) is 10.7. The summed E-state index contributed by atoms with van der Waals surface area (Å²) in [5.41, 5.74) is 1.94. The Morgan fingerprint density at radius 1 is 1.06 bits per heavy atom. The molecule has 0 unspecified atom stereocenters. The Kier molecular flexibility index (Phi) is 6.60. The molecule has 0 saturated carbocycles. The molecule has 0 saturated heterocycles. The van der Waals surface area contributed by atoms with Crippen LogP contribution in [-0.2, 0) is 4.79 Å². The summed E-state index contributed by atoms with van der Waals surface area (Å²) in [6.45, 7) is 3.78. The molecule has 0 radical (unpaired) electrons. The first-order valence-corrected chi connectivity index (χ1v) is 10.7. The summed E-state index contributed by atoms with van der Waals surface area (Å²) in [7, 11) is 1.54. The minimum atomic E-state index is -0.673. The first kappa shape index (κ1) is 23.3. The standard InChI is InChI=1S/C27H22N4O4/c1-17-6-10-22(11-7-17)35-26-23(27(33)31-14-4-5-18(2)24(31)30-26)15-19(16-28)25(32)29-20-8-12-21(34-3)13-9-20/h4-15H,1-3H3,(H,29,32)/b19-15+. The number of aromatic nitrogens is 2. The Hall–Kier alpha value is -4.90. The van der Waals surface area contributed by atoms with E-state index in [1.807, 2.05) is 38.1 Å². The molecular weight excluding hydrogens is 444 g/mol. The average Bonchev–Trinajstić information content (AvgIpc) is 2.86. The van der Waals surface area contributed by atoms with Gasteiger partial charge in [-0.1, -0.05) is 23.8 Å². The molecular formula is C27H22N4O4. The van der Waals surface area contributed by atoms with Crippen molar-refractivity contribution in [3.05, 3.63) is 99.5 Å². The zero-order valence-electron chi connectivity index (χ0n) is 19.4. The number of carbonyl (C=O) groups is 1. The lowest BCUT2D eigenvalue weighted by atomic mass is 10.1. The van der Waals surface area contributed by atoms with Crippen molar-refractivity contribution in [3.8, 4) is 23.4 Å². The molecule has 0 bridgehead atoms. The summed E-state index contributed by atoms with van der Waals surface area (Å²) in [6.07, 6.45) is 2.78. The van der Waals surface area contributed by atoms with Crippen LogP contribution in [0.15, 0.2) is 77.2 Å². The number of amides is 1. The lowest BCUT2D eigenvalue weighted by Crippen LogP contribution is -2.20. The van der Waals surface area contributed by atoms with E-state index in [9.17, 15) is 14.9 Å². The molecule has 2 aromatic carbocycles. The summed E-state index contributed by atoms with van der Waals surface area (Å²) in [4.78, 5) is 30.8. The number of rotatable bonds is 6. The highest BCUT2D eigenvalue weighted by atomic mass is 16.5. The highest BCUT2D eigenvalue weighted by Gasteiger charge is 2.18. The van der Waals surface area contributed by atoms with Crippen molar-refractivity contribution in [1.29, 1.82) is 5.26 Å². The number of anilines is 1. The number of nitrogens with one attached hydrogen (secondary N) is 1. The molecule has 1 N–H and O–H groups in total. The van der Waals surface area contributed by atoms with E-state index in [0.717, 1.165) is 11.1 Å². The molecule has 0 aliphatic carbocycles. The van der Waals surface area contributed by atoms with Gasteiger partial charge in [0.05, 0.1) is 7.11 Å². The topological polar surface area (TPSA) is 106 Å². The first-order chi connectivity index (χ1) is 16.9. The van der Waals surface area contributed by atoms with Crippen LogP contribution in [0, 0.1) is 25.2 Å². The largest absolute Gasteiger partial charge is 0.497 e. The second-order valence-electron chi connectivity index (χ2n) is 7.79. The summed E-state index contributed by atoms with van der Waals surface area (Å²) in [5, 5.41) is 12.4. The number of benzene rings is 2. The fourth-order valence-electron chi connectivity index (χ4n) is 3.38. The second-order valence-corrected chi connectivity index (χ2v) is 7.79. The number of hydrogen-bond donors (Lipinski definition) is 1. The molecule has 1 amide bonds.